The van der Waals surface area contributed by atoms with Crippen LogP contribution in [0.2, 0.25) is 0 Å². The molecule has 3 amide bonds. The molecule has 0 saturated heterocycles. The molecule has 43 heavy (non-hydrogen) atoms. The fourth-order valence-electron chi connectivity index (χ4n) is 4.25. The van der Waals surface area contributed by atoms with E-state index in [9.17, 15) is 24.3 Å². The predicted octanol–water partition coefficient (Wildman–Crippen LogP) is 1.50. The third-order valence-corrected chi connectivity index (χ3v) is 8.35. The zero-order valence-corrected chi connectivity index (χ0v) is 28.6. The van der Waals surface area contributed by atoms with Gasteiger partial charge in [0.05, 0.1) is 23.4 Å². The number of nitrogens with one attached hydrogen (secondary N) is 6. The van der Waals surface area contributed by atoms with Gasteiger partial charge in [0.2, 0.25) is 17.7 Å². The van der Waals surface area contributed by atoms with Crippen LogP contribution >= 0.6 is 11.8 Å². The van der Waals surface area contributed by atoms with Gasteiger partial charge < -0.3 is 31.7 Å². The van der Waals surface area contributed by atoms with Crippen LogP contribution in [0, 0.1) is 5.92 Å². The van der Waals surface area contributed by atoms with Crippen molar-refractivity contribution in [3.63, 3.8) is 0 Å². The average molecular weight is 629 g/mol. The zero-order valence-electron chi connectivity index (χ0n) is 27.8. The van der Waals surface area contributed by atoms with Crippen LogP contribution in [0.5, 0.6) is 0 Å². The molecule has 5 unspecified atom stereocenters. The van der Waals surface area contributed by atoms with Crippen LogP contribution in [0.3, 0.4) is 0 Å². The molecule has 0 fully saturated rings. The highest BCUT2D eigenvalue weighted by atomic mass is 32.2. The standard InChI is InChI=1S/C31H60N6O5S/c1-9-12-23(5)32-16-17-34-30(42)25(7)37-24(6)26(38)20-36-31(8,14-10-2)27(39)13-15-33-28(40)21-43-19-18-35-29(41)22(4)11-3/h10,14,22-26,32,36-38H,9,11-13,15-21H2,1-8H3,(H,33,40)(H,34,42)(H,35,41)/t22?,23?,24?,25-,26?,31?/m0/s1. The number of amides is 3. The van der Waals surface area contributed by atoms with E-state index < -0.39 is 23.7 Å². The van der Waals surface area contributed by atoms with Crippen molar-refractivity contribution < 1.29 is 24.3 Å². The SMILES string of the molecule is CC=CC(C)(NCC(O)C(C)N[C@@H](C)C(=O)NCCNC(C)CCC)C(=O)CCNC(=O)CSCCNC(=O)C(C)CC. The number of hydrogen-bond acceptors (Lipinski definition) is 9. The van der Waals surface area contributed by atoms with E-state index in [-0.39, 0.29) is 54.7 Å². The van der Waals surface area contributed by atoms with Gasteiger partial charge >= 0.3 is 0 Å². The number of β-amino-alcohol motifs (C(OH)–C–C–N with tert-alkyl or cyclic N) is 1. The first-order chi connectivity index (χ1) is 20.3. The zero-order chi connectivity index (χ0) is 32.8. The summed E-state index contributed by atoms with van der Waals surface area (Å²) in [5, 5.41) is 29.0. The number of aliphatic hydroxyl groups is 1. The Morgan fingerprint density at radius 2 is 1.60 bits per heavy atom. The fourth-order valence-corrected chi connectivity index (χ4v) is 4.93. The Morgan fingerprint density at radius 3 is 2.23 bits per heavy atom. The minimum absolute atomic E-state index is 0.0179. The molecule has 0 aliphatic rings. The Balaban J connectivity index is 4.49. The Labute approximate surface area is 264 Å². The summed E-state index contributed by atoms with van der Waals surface area (Å²) in [5.41, 5.74) is -1.02. The van der Waals surface area contributed by atoms with Crippen molar-refractivity contribution >= 4 is 35.3 Å². The minimum atomic E-state index is -1.02. The molecule has 0 saturated carbocycles. The first-order valence-corrected chi connectivity index (χ1v) is 17.0. The molecule has 0 aromatic rings. The quantitative estimate of drug-likeness (QED) is 0.0587. The van der Waals surface area contributed by atoms with Crippen LogP contribution < -0.4 is 31.9 Å². The highest BCUT2D eigenvalue weighted by molar-refractivity contribution is 7.99. The molecule has 6 atom stereocenters. The molecular formula is C31H60N6O5S. The van der Waals surface area contributed by atoms with Gasteiger partial charge in [0.1, 0.15) is 0 Å². The number of Topliss-reactive ketones (excluding diaryl/α,β-unsaturated/α-hetero) is 1. The Bertz CT molecular complexity index is 861. The summed E-state index contributed by atoms with van der Waals surface area (Å²) < 4.78 is 0. The second kappa shape index (κ2) is 23.4. The van der Waals surface area contributed by atoms with Crippen LogP contribution in [0.15, 0.2) is 12.2 Å². The van der Waals surface area contributed by atoms with E-state index in [1.165, 1.54) is 11.8 Å². The first kappa shape index (κ1) is 41.0. The van der Waals surface area contributed by atoms with Crippen molar-refractivity contribution in [2.45, 2.75) is 111 Å². The third-order valence-electron chi connectivity index (χ3n) is 7.39. The van der Waals surface area contributed by atoms with Gasteiger partial charge in [-0.25, -0.2) is 0 Å². The summed E-state index contributed by atoms with van der Waals surface area (Å²) in [5.74, 6) is 0.468. The average Bonchev–Trinajstić information content (AvgIpc) is 2.97. The van der Waals surface area contributed by atoms with E-state index >= 15 is 0 Å². The van der Waals surface area contributed by atoms with Gasteiger partial charge in [-0.15, -0.1) is 0 Å². The number of thioether (sulfide) groups is 1. The smallest absolute Gasteiger partial charge is 0.236 e. The topological polar surface area (TPSA) is 161 Å². The van der Waals surface area contributed by atoms with Gasteiger partial charge in [0.15, 0.2) is 5.78 Å². The van der Waals surface area contributed by atoms with Crippen LogP contribution in [0.25, 0.3) is 0 Å². The van der Waals surface area contributed by atoms with Gasteiger partial charge in [0, 0.05) is 62.9 Å². The number of allylic oxidation sites excluding steroid dienone is 1. The number of carbonyl (C=O) groups is 4. The molecule has 0 spiro atoms. The molecule has 11 nitrogen and oxygen atoms in total. The number of aliphatic hydroxyl groups excluding tert-OH is 1. The maximum Gasteiger partial charge on any atom is 0.236 e. The van der Waals surface area contributed by atoms with Crippen molar-refractivity contribution in [1.29, 1.82) is 0 Å². The largest absolute Gasteiger partial charge is 0.390 e. The maximum atomic E-state index is 13.1. The van der Waals surface area contributed by atoms with Gasteiger partial charge in [0.25, 0.3) is 0 Å². The normalized spacial score (nSPS) is 16.5. The second-order valence-electron chi connectivity index (χ2n) is 11.4. The van der Waals surface area contributed by atoms with Crippen LogP contribution in [0.1, 0.15) is 81.1 Å². The lowest BCUT2D eigenvalue weighted by molar-refractivity contribution is -0.125. The monoisotopic (exact) mass is 628 g/mol. The van der Waals surface area contributed by atoms with Gasteiger partial charge in [-0.05, 0) is 47.5 Å². The van der Waals surface area contributed by atoms with Crippen LogP contribution in [-0.2, 0) is 19.2 Å². The van der Waals surface area contributed by atoms with Crippen LogP contribution in [0.4, 0.5) is 0 Å². The Morgan fingerprint density at radius 1 is 0.930 bits per heavy atom. The van der Waals surface area contributed by atoms with Gasteiger partial charge in [-0.2, -0.15) is 11.8 Å². The lowest BCUT2D eigenvalue weighted by atomic mass is 9.92. The molecule has 250 valence electrons. The summed E-state index contributed by atoms with van der Waals surface area (Å²) in [6, 6.07) is -0.484. The Kier molecular flexibility index (Phi) is 22.3. The van der Waals surface area contributed by atoms with Gasteiger partial charge in [-0.1, -0.05) is 39.3 Å². The maximum absolute atomic E-state index is 13.1. The van der Waals surface area contributed by atoms with Crippen molar-refractivity contribution in [2.24, 2.45) is 5.92 Å². The van der Waals surface area contributed by atoms with E-state index in [1.807, 2.05) is 20.8 Å². The minimum Gasteiger partial charge on any atom is -0.390 e. The molecule has 0 heterocycles. The summed E-state index contributed by atoms with van der Waals surface area (Å²) in [6.07, 6.45) is 5.79. The second-order valence-corrected chi connectivity index (χ2v) is 12.5. The predicted molar refractivity (Wildman–Crippen MR) is 177 cm³/mol. The van der Waals surface area contributed by atoms with Crippen molar-refractivity contribution in [3.05, 3.63) is 12.2 Å². The summed E-state index contributed by atoms with van der Waals surface area (Å²) in [7, 11) is 0. The molecular weight excluding hydrogens is 568 g/mol. The first-order valence-electron chi connectivity index (χ1n) is 15.8. The molecule has 7 N–H and O–H groups in total. The molecule has 0 aromatic carbocycles. The molecule has 0 aliphatic heterocycles. The van der Waals surface area contributed by atoms with E-state index in [2.05, 4.69) is 45.7 Å². The fraction of sp³-hybridized carbons (Fsp3) is 0.806. The highest BCUT2D eigenvalue weighted by Gasteiger charge is 2.31. The van der Waals surface area contributed by atoms with Crippen molar-refractivity contribution in [3.8, 4) is 0 Å². The lowest BCUT2D eigenvalue weighted by Gasteiger charge is -2.30. The molecule has 0 aromatic heterocycles. The number of hydrogen-bond donors (Lipinski definition) is 7. The van der Waals surface area contributed by atoms with Crippen molar-refractivity contribution in [1.82, 2.24) is 31.9 Å². The number of rotatable bonds is 25. The summed E-state index contributed by atoms with van der Waals surface area (Å²) >= 11 is 1.43. The van der Waals surface area contributed by atoms with E-state index in [0.717, 1.165) is 19.3 Å². The van der Waals surface area contributed by atoms with E-state index in [0.29, 0.717) is 31.4 Å². The Hall–Kier alpha value is -1.99. The number of carbonyl (C=O) groups excluding carboxylic acids is 4. The number of ketones is 1. The summed E-state index contributed by atoms with van der Waals surface area (Å²) in [4.78, 5) is 49.5. The van der Waals surface area contributed by atoms with Crippen molar-refractivity contribution in [2.75, 3.05) is 44.2 Å². The third kappa shape index (κ3) is 18.4. The molecule has 0 rings (SSSR count). The van der Waals surface area contributed by atoms with E-state index in [4.69, 9.17) is 0 Å². The molecule has 0 aliphatic carbocycles. The van der Waals surface area contributed by atoms with Gasteiger partial charge in [-0.3, -0.25) is 24.5 Å². The summed E-state index contributed by atoms with van der Waals surface area (Å²) in [6.45, 7) is 17.3. The molecule has 12 heteroatoms. The lowest BCUT2D eigenvalue weighted by Crippen LogP contribution is -2.56. The highest BCUT2D eigenvalue weighted by Crippen LogP contribution is 2.11. The molecule has 0 radical (unpaired) electrons. The van der Waals surface area contributed by atoms with E-state index in [1.54, 1.807) is 32.9 Å². The van der Waals surface area contributed by atoms with Crippen LogP contribution in [-0.4, -0.2) is 103 Å². The molecule has 0 bridgehead atoms.